The second kappa shape index (κ2) is 11.5. The zero-order chi connectivity index (χ0) is 30.0. The Morgan fingerprint density at radius 1 is 0.476 bits per heavy atom. The first-order chi connectivity index (χ1) is 20.2. The Kier molecular flexibility index (Phi) is 7.65. The third-order valence-electron chi connectivity index (χ3n) is 6.74. The largest absolute Gasteiger partial charge is 0.465 e. The number of benzene rings is 5. The summed E-state index contributed by atoms with van der Waals surface area (Å²) in [6.45, 7) is 0. The molecule has 0 aromatic heterocycles. The lowest BCUT2D eigenvalue weighted by Crippen LogP contribution is -2.28. The molecule has 0 fully saturated rings. The molecule has 0 atom stereocenters. The maximum absolute atomic E-state index is 13.0. The molecule has 0 saturated carbocycles. The number of anilines is 2. The van der Waals surface area contributed by atoms with Crippen molar-refractivity contribution in [3.05, 3.63) is 119 Å². The quantitative estimate of drug-likeness (QED) is 0.154. The zero-order valence-corrected chi connectivity index (χ0v) is 22.5. The monoisotopic (exact) mass is 564 g/mol. The van der Waals surface area contributed by atoms with Crippen LogP contribution >= 0.6 is 0 Å². The van der Waals surface area contributed by atoms with Crippen LogP contribution < -0.4 is 10.1 Å². The minimum atomic E-state index is -0.729. The van der Waals surface area contributed by atoms with Crippen molar-refractivity contribution in [3.8, 4) is 0 Å². The predicted molar refractivity (Wildman–Crippen MR) is 154 cm³/mol. The molecule has 0 aliphatic heterocycles. The van der Waals surface area contributed by atoms with E-state index in [1.165, 1.54) is 38.5 Å². The van der Waals surface area contributed by atoms with Gasteiger partial charge in [0.15, 0.2) is 0 Å². The Morgan fingerprint density at radius 3 is 1.12 bits per heavy atom. The summed E-state index contributed by atoms with van der Waals surface area (Å²) < 4.78 is 9.49. The van der Waals surface area contributed by atoms with E-state index in [9.17, 15) is 29.6 Å². The zero-order valence-electron chi connectivity index (χ0n) is 22.5. The van der Waals surface area contributed by atoms with Crippen molar-refractivity contribution < 1.29 is 39.1 Å². The third kappa shape index (κ3) is 5.39. The number of nitrogens with zero attached hydrogens (tertiary/aromatic N) is 2. The fourth-order valence-electron chi connectivity index (χ4n) is 4.46. The molecule has 5 aromatic rings. The lowest BCUT2D eigenvalue weighted by molar-refractivity contribution is 0.0592. The van der Waals surface area contributed by atoms with Crippen LogP contribution in [0.1, 0.15) is 41.4 Å². The standard InChI is InChI=1S/C32H24N2O8/c1-41-31(37)23-9-5-19-3-7-21(15-25(19)17-23)29(35)33(39)27-11-13-28(14-12-27)34(40)30(36)22-8-4-20-6-10-24(32(38)42-2)18-26(20)16-22/h3-18,39-40H,1-2H3. The molecule has 0 radical (unpaired) electrons. The number of esters is 2. The van der Waals surface area contributed by atoms with Crippen LogP contribution in [0.5, 0.6) is 0 Å². The summed E-state index contributed by atoms with van der Waals surface area (Å²) in [5, 5.41) is 24.9. The number of carbonyl (C=O) groups excluding carboxylic acids is 4. The SMILES string of the molecule is COC(=O)c1ccc2ccc(C(=O)N(O)c3ccc(N(O)C(=O)c4ccc5ccc(C(=O)OC)cc5c4)cc3)cc2c1. The van der Waals surface area contributed by atoms with Crippen molar-refractivity contribution in [3.63, 3.8) is 0 Å². The summed E-state index contributed by atoms with van der Waals surface area (Å²) in [6, 6.07) is 24.9. The van der Waals surface area contributed by atoms with Gasteiger partial charge in [-0.25, -0.2) is 9.59 Å². The lowest BCUT2D eigenvalue weighted by atomic mass is 10.0. The molecule has 210 valence electrons. The van der Waals surface area contributed by atoms with Crippen LogP contribution in [-0.2, 0) is 9.47 Å². The van der Waals surface area contributed by atoms with Gasteiger partial charge in [-0.3, -0.25) is 20.0 Å². The number of amides is 2. The van der Waals surface area contributed by atoms with E-state index in [0.717, 1.165) is 10.8 Å². The number of ether oxygens (including phenoxy) is 2. The second-order valence-electron chi connectivity index (χ2n) is 9.29. The molecule has 2 amide bonds. The average Bonchev–Trinajstić information content (AvgIpc) is 3.05. The number of hydrogen-bond acceptors (Lipinski definition) is 8. The van der Waals surface area contributed by atoms with Gasteiger partial charge in [-0.2, -0.15) is 10.1 Å². The average molecular weight is 565 g/mol. The number of hydrogen-bond donors (Lipinski definition) is 2. The molecule has 0 unspecified atom stereocenters. The van der Waals surface area contributed by atoms with E-state index in [-0.39, 0.29) is 22.5 Å². The number of fused-ring (bicyclic) bond motifs is 2. The van der Waals surface area contributed by atoms with E-state index >= 15 is 0 Å². The molecular weight excluding hydrogens is 540 g/mol. The van der Waals surface area contributed by atoms with Gasteiger partial charge >= 0.3 is 11.9 Å². The summed E-state index contributed by atoms with van der Waals surface area (Å²) in [7, 11) is 2.56. The van der Waals surface area contributed by atoms with Crippen LogP contribution in [0.2, 0.25) is 0 Å². The maximum atomic E-state index is 13.0. The second-order valence-corrected chi connectivity index (χ2v) is 9.29. The third-order valence-corrected chi connectivity index (χ3v) is 6.74. The predicted octanol–water partition coefficient (Wildman–Crippen LogP) is 5.64. The smallest absolute Gasteiger partial charge is 0.337 e. The van der Waals surface area contributed by atoms with Crippen LogP contribution in [0, 0.1) is 0 Å². The van der Waals surface area contributed by atoms with Crippen molar-refractivity contribution >= 4 is 56.7 Å². The molecule has 5 rings (SSSR count). The van der Waals surface area contributed by atoms with Crippen molar-refractivity contribution in [2.75, 3.05) is 24.3 Å². The molecule has 0 aliphatic carbocycles. The Balaban J connectivity index is 1.33. The molecule has 10 heteroatoms. The van der Waals surface area contributed by atoms with Crippen LogP contribution in [0.15, 0.2) is 97.1 Å². The van der Waals surface area contributed by atoms with Crippen molar-refractivity contribution in [2.45, 2.75) is 0 Å². The highest BCUT2D eigenvalue weighted by Gasteiger charge is 2.20. The Hall–Kier alpha value is -5.58. The first-order valence-corrected chi connectivity index (χ1v) is 12.6. The fraction of sp³-hybridized carbons (Fsp3) is 0.0625. The number of methoxy groups -OCH3 is 2. The van der Waals surface area contributed by atoms with Crippen LogP contribution in [-0.4, -0.2) is 48.4 Å². The Morgan fingerprint density at radius 2 is 0.786 bits per heavy atom. The van der Waals surface area contributed by atoms with Gasteiger partial charge in [-0.05, 0) is 94.3 Å². The molecule has 42 heavy (non-hydrogen) atoms. The topological polar surface area (TPSA) is 134 Å². The van der Waals surface area contributed by atoms with Gasteiger partial charge in [0, 0.05) is 11.1 Å². The van der Waals surface area contributed by atoms with E-state index in [2.05, 4.69) is 0 Å². The summed E-state index contributed by atoms with van der Waals surface area (Å²) >= 11 is 0. The molecule has 0 heterocycles. The minimum Gasteiger partial charge on any atom is -0.465 e. The van der Waals surface area contributed by atoms with E-state index in [1.807, 2.05) is 0 Å². The summed E-state index contributed by atoms with van der Waals surface area (Å²) in [4.78, 5) is 49.8. The molecular formula is C32H24N2O8. The first kappa shape index (κ1) is 28.0. The van der Waals surface area contributed by atoms with E-state index < -0.39 is 23.8 Å². The van der Waals surface area contributed by atoms with Crippen LogP contribution in [0.4, 0.5) is 11.4 Å². The van der Waals surface area contributed by atoms with E-state index in [1.54, 1.807) is 72.8 Å². The summed E-state index contributed by atoms with van der Waals surface area (Å²) in [6.07, 6.45) is 0. The number of rotatable bonds is 6. The highest BCUT2D eigenvalue weighted by molar-refractivity contribution is 6.09. The number of hydroxylamine groups is 2. The fourth-order valence-corrected chi connectivity index (χ4v) is 4.46. The normalized spacial score (nSPS) is 10.8. The number of carbonyl (C=O) groups is 4. The summed E-state index contributed by atoms with van der Waals surface area (Å²) in [5.41, 5.74) is 1.17. The Labute approximate surface area is 239 Å². The van der Waals surface area contributed by atoms with Crippen molar-refractivity contribution in [2.24, 2.45) is 0 Å². The molecule has 2 N–H and O–H groups in total. The van der Waals surface area contributed by atoms with Gasteiger partial charge in [0.25, 0.3) is 11.8 Å². The highest BCUT2D eigenvalue weighted by Crippen LogP contribution is 2.25. The van der Waals surface area contributed by atoms with Crippen LogP contribution in [0.3, 0.4) is 0 Å². The molecule has 5 aromatic carbocycles. The maximum Gasteiger partial charge on any atom is 0.337 e. The van der Waals surface area contributed by atoms with Gasteiger partial charge in [0.1, 0.15) is 0 Å². The van der Waals surface area contributed by atoms with Gasteiger partial charge in [-0.1, -0.05) is 24.3 Å². The molecule has 0 aliphatic rings. The molecule has 10 nitrogen and oxygen atoms in total. The van der Waals surface area contributed by atoms with E-state index in [4.69, 9.17) is 9.47 Å². The minimum absolute atomic E-state index is 0.0917. The lowest BCUT2D eigenvalue weighted by Gasteiger charge is -2.18. The van der Waals surface area contributed by atoms with Gasteiger partial charge in [0.05, 0.1) is 36.7 Å². The van der Waals surface area contributed by atoms with Gasteiger partial charge in [0.2, 0.25) is 0 Å². The van der Waals surface area contributed by atoms with Crippen molar-refractivity contribution in [1.82, 2.24) is 0 Å². The van der Waals surface area contributed by atoms with Crippen molar-refractivity contribution in [1.29, 1.82) is 0 Å². The van der Waals surface area contributed by atoms with E-state index in [0.29, 0.717) is 32.0 Å². The van der Waals surface area contributed by atoms with Gasteiger partial charge < -0.3 is 9.47 Å². The first-order valence-electron chi connectivity index (χ1n) is 12.6. The Bertz CT molecular complexity index is 1730. The van der Waals surface area contributed by atoms with Gasteiger partial charge in [-0.15, -0.1) is 0 Å². The molecule has 0 spiro atoms. The molecule has 0 saturated heterocycles. The van der Waals surface area contributed by atoms with Crippen LogP contribution in [0.25, 0.3) is 21.5 Å². The molecule has 0 bridgehead atoms. The summed E-state index contributed by atoms with van der Waals surface area (Å²) in [5.74, 6) is -2.48. The highest BCUT2D eigenvalue weighted by atomic mass is 16.5.